The van der Waals surface area contributed by atoms with Crippen molar-refractivity contribution in [2.45, 2.75) is 24.8 Å². The van der Waals surface area contributed by atoms with E-state index < -0.39 is 0 Å². The predicted octanol–water partition coefficient (Wildman–Crippen LogP) is 4.45. The van der Waals surface area contributed by atoms with Crippen molar-refractivity contribution in [3.63, 3.8) is 0 Å². The number of fused-ring (bicyclic) bond motifs is 1. The minimum absolute atomic E-state index is 0.133. The first-order valence-electron chi connectivity index (χ1n) is 6.56. The molecule has 0 radical (unpaired) electrons. The Morgan fingerprint density at radius 2 is 1.90 bits per heavy atom. The second-order valence-electron chi connectivity index (χ2n) is 4.98. The standard InChI is InChI=1S/C16H18ClNOS/c1-11(2)18(3)15(19)10-20-14-9-5-7-12-6-4-8-13(17)16(12)14/h4-9,11H,10H2,1-3H3. The zero-order valence-corrected chi connectivity index (χ0v) is 13.5. The zero-order valence-electron chi connectivity index (χ0n) is 11.9. The molecule has 2 rings (SSSR count). The van der Waals surface area contributed by atoms with Gasteiger partial charge in [-0.05, 0) is 31.4 Å². The van der Waals surface area contributed by atoms with Gasteiger partial charge in [0, 0.05) is 28.4 Å². The number of hydrogen-bond acceptors (Lipinski definition) is 2. The molecule has 0 spiro atoms. The summed E-state index contributed by atoms with van der Waals surface area (Å²) in [7, 11) is 1.84. The summed E-state index contributed by atoms with van der Waals surface area (Å²) in [5.74, 6) is 0.563. The highest BCUT2D eigenvalue weighted by Crippen LogP contribution is 2.33. The van der Waals surface area contributed by atoms with Crippen LogP contribution in [0.15, 0.2) is 41.3 Å². The molecular formula is C16H18ClNOS. The van der Waals surface area contributed by atoms with Crippen LogP contribution in [-0.4, -0.2) is 29.6 Å². The van der Waals surface area contributed by atoms with E-state index in [9.17, 15) is 4.79 Å². The van der Waals surface area contributed by atoms with E-state index in [0.717, 1.165) is 20.7 Å². The smallest absolute Gasteiger partial charge is 0.232 e. The Hall–Kier alpha value is -1.19. The van der Waals surface area contributed by atoms with E-state index >= 15 is 0 Å². The van der Waals surface area contributed by atoms with E-state index in [2.05, 4.69) is 0 Å². The SMILES string of the molecule is CC(C)N(C)C(=O)CSc1cccc2cccc(Cl)c12. The summed E-state index contributed by atoms with van der Waals surface area (Å²) in [4.78, 5) is 14.9. The number of halogens is 1. The number of benzene rings is 2. The molecule has 0 aromatic heterocycles. The number of hydrogen-bond donors (Lipinski definition) is 0. The lowest BCUT2D eigenvalue weighted by molar-refractivity contribution is -0.128. The quantitative estimate of drug-likeness (QED) is 0.778. The molecule has 106 valence electrons. The Kier molecular flexibility index (Phi) is 4.95. The van der Waals surface area contributed by atoms with E-state index in [1.807, 2.05) is 57.3 Å². The van der Waals surface area contributed by atoms with Gasteiger partial charge in [0.25, 0.3) is 0 Å². The monoisotopic (exact) mass is 307 g/mol. The highest BCUT2D eigenvalue weighted by molar-refractivity contribution is 8.00. The molecule has 0 N–H and O–H groups in total. The van der Waals surface area contributed by atoms with Gasteiger partial charge in [0.2, 0.25) is 5.91 Å². The summed E-state index contributed by atoms with van der Waals surface area (Å²) < 4.78 is 0. The van der Waals surface area contributed by atoms with E-state index in [-0.39, 0.29) is 11.9 Å². The number of amides is 1. The maximum absolute atomic E-state index is 12.1. The van der Waals surface area contributed by atoms with Crippen LogP contribution in [0.3, 0.4) is 0 Å². The van der Waals surface area contributed by atoms with Crippen LogP contribution in [0, 0.1) is 0 Å². The summed E-state index contributed by atoms with van der Waals surface area (Å²) in [5.41, 5.74) is 0. The topological polar surface area (TPSA) is 20.3 Å². The first-order valence-corrected chi connectivity index (χ1v) is 7.92. The Labute approximate surface area is 129 Å². The fourth-order valence-electron chi connectivity index (χ4n) is 1.91. The van der Waals surface area contributed by atoms with Crippen molar-refractivity contribution in [1.29, 1.82) is 0 Å². The summed E-state index contributed by atoms with van der Waals surface area (Å²) in [5, 5.41) is 2.86. The molecule has 0 aliphatic carbocycles. The summed E-state index contributed by atoms with van der Waals surface area (Å²) in [6.45, 7) is 4.02. The molecule has 20 heavy (non-hydrogen) atoms. The molecule has 2 nitrogen and oxygen atoms in total. The zero-order chi connectivity index (χ0) is 14.7. The van der Waals surface area contributed by atoms with Crippen molar-refractivity contribution >= 4 is 40.0 Å². The lowest BCUT2D eigenvalue weighted by Crippen LogP contribution is -2.34. The normalized spacial score (nSPS) is 11.1. The number of rotatable bonds is 4. The number of thioether (sulfide) groups is 1. The van der Waals surface area contributed by atoms with Crippen LogP contribution in [0.25, 0.3) is 10.8 Å². The molecule has 2 aromatic carbocycles. The van der Waals surface area contributed by atoms with Gasteiger partial charge in [0.15, 0.2) is 0 Å². The predicted molar refractivity (Wildman–Crippen MR) is 87.6 cm³/mol. The molecule has 0 atom stereocenters. The fraction of sp³-hybridized carbons (Fsp3) is 0.312. The van der Waals surface area contributed by atoms with Crippen LogP contribution >= 0.6 is 23.4 Å². The van der Waals surface area contributed by atoms with Crippen LogP contribution in [0.4, 0.5) is 0 Å². The largest absolute Gasteiger partial charge is 0.343 e. The van der Waals surface area contributed by atoms with Crippen LogP contribution < -0.4 is 0 Å². The van der Waals surface area contributed by atoms with Crippen molar-refractivity contribution in [3.05, 3.63) is 41.4 Å². The van der Waals surface area contributed by atoms with Crippen molar-refractivity contribution < 1.29 is 4.79 Å². The summed E-state index contributed by atoms with van der Waals surface area (Å²) >= 11 is 7.82. The molecule has 0 fully saturated rings. The second kappa shape index (κ2) is 6.51. The molecule has 0 aliphatic rings. The number of carbonyl (C=O) groups excluding carboxylic acids is 1. The number of nitrogens with zero attached hydrogens (tertiary/aromatic N) is 1. The van der Waals surface area contributed by atoms with Crippen LogP contribution in [-0.2, 0) is 4.79 Å². The molecule has 0 aliphatic heterocycles. The Morgan fingerprint density at radius 3 is 2.55 bits per heavy atom. The lowest BCUT2D eigenvalue weighted by atomic mass is 10.1. The fourth-order valence-corrected chi connectivity index (χ4v) is 3.28. The van der Waals surface area contributed by atoms with Crippen LogP contribution in [0.5, 0.6) is 0 Å². The maximum Gasteiger partial charge on any atom is 0.232 e. The van der Waals surface area contributed by atoms with Crippen molar-refractivity contribution in [2.24, 2.45) is 0 Å². The Bertz CT molecular complexity index is 622. The van der Waals surface area contributed by atoms with Crippen LogP contribution in [0.1, 0.15) is 13.8 Å². The van der Waals surface area contributed by atoms with E-state index in [1.165, 1.54) is 0 Å². The first-order chi connectivity index (χ1) is 9.50. The van der Waals surface area contributed by atoms with Crippen LogP contribution in [0.2, 0.25) is 5.02 Å². The molecule has 4 heteroatoms. The van der Waals surface area contributed by atoms with E-state index in [0.29, 0.717) is 5.75 Å². The lowest BCUT2D eigenvalue weighted by Gasteiger charge is -2.21. The Morgan fingerprint density at radius 1 is 1.25 bits per heavy atom. The van der Waals surface area contributed by atoms with Crippen molar-refractivity contribution in [3.8, 4) is 0 Å². The third-order valence-corrected chi connectivity index (χ3v) is 4.69. The molecule has 0 heterocycles. The van der Waals surface area contributed by atoms with Crippen molar-refractivity contribution in [1.82, 2.24) is 4.90 Å². The summed E-state index contributed by atoms with van der Waals surface area (Å²) in [6, 6.07) is 12.1. The maximum atomic E-state index is 12.1. The summed E-state index contributed by atoms with van der Waals surface area (Å²) in [6.07, 6.45) is 0. The Balaban J connectivity index is 2.21. The first kappa shape index (κ1) is 15.2. The van der Waals surface area contributed by atoms with Gasteiger partial charge in [0.05, 0.1) is 5.75 Å². The van der Waals surface area contributed by atoms with Gasteiger partial charge in [0.1, 0.15) is 0 Å². The molecule has 1 amide bonds. The molecule has 0 saturated carbocycles. The molecule has 2 aromatic rings. The number of carbonyl (C=O) groups is 1. The molecule has 0 unspecified atom stereocenters. The second-order valence-corrected chi connectivity index (χ2v) is 6.41. The molecule has 0 saturated heterocycles. The third-order valence-electron chi connectivity index (χ3n) is 3.33. The van der Waals surface area contributed by atoms with Gasteiger partial charge in [-0.2, -0.15) is 0 Å². The van der Waals surface area contributed by atoms with Gasteiger partial charge in [-0.3, -0.25) is 4.79 Å². The van der Waals surface area contributed by atoms with Crippen molar-refractivity contribution in [2.75, 3.05) is 12.8 Å². The highest BCUT2D eigenvalue weighted by Gasteiger charge is 2.13. The van der Waals surface area contributed by atoms with Gasteiger partial charge >= 0.3 is 0 Å². The van der Waals surface area contributed by atoms with Gasteiger partial charge in [-0.15, -0.1) is 11.8 Å². The average Bonchev–Trinajstić information content (AvgIpc) is 2.43. The van der Waals surface area contributed by atoms with Gasteiger partial charge in [-0.25, -0.2) is 0 Å². The highest BCUT2D eigenvalue weighted by atomic mass is 35.5. The van der Waals surface area contributed by atoms with E-state index in [1.54, 1.807) is 16.7 Å². The minimum Gasteiger partial charge on any atom is -0.343 e. The van der Waals surface area contributed by atoms with Gasteiger partial charge < -0.3 is 4.90 Å². The average molecular weight is 308 g/mol. The van der Waals surface area contributed by atoms with Gasteiger partial charge in [-0.1, -0.05) is 35.9 Å². The third kappa shape index (κ3) is 3.28. The molecule has 0 bridgehead atoms. The molecular weight excluding hydrogens is 290 g/mol. The van der Waals surface area contributed by atoms with E-state index in [4.69, 9.17) is 11.6 Å². The minimum atomic E-state index is 0.133.